The highest BCUT2D eigenvalue weighted by Gasteiger charge is 2.24. The van der Waals surface area contributed by atoms with Crippen molar-refractivity contribution in [3.05, 3.63) is 41.1 Å². The summed E-state index contributed by atoms with van der Waals surface area (Å²) in [7, 11) is -7.41. The number of hydrogen-bond acceptors (Lipinski definition) is 5. The van der Waals surface area contributed by atoms with E-state index in [9.17, 15) is 26.0 Å². The maximum Gasteiger partial charge on any atom is 0.254 e. The van der Waals surface area contributed by atoms with Crippen molar-refractivity contribution in [2.75, 3.05) is 5.75 Å². The fraction of sp³-hybridized carbons (Fsp3) is 0.182. The van der Waals surface area contributed by atoms with Crippen LogP contribution in [0.5, 0.6) is 0 Å². The number of halogens is 1. The molecule has 0 spiro atoms. The summed E-state index contributed by atoms with van der Waals surface area (Å²) in [4.78, 5) is 11.4. The van der Waals surface area contributed by atoms with Crippen LogP contribution in [0.4, 0.5) is 4.39 Å². The molecule has 21 heavy (non-hydrogen) atoms. The number of amides is 1. The van der Waals surface area contributed by atoms with Crippen molar-refractivity contribution in [3.8, 4) is 0 Å². The second kappa shape index (κ2) is 5.20. The first kappa shape index (κ1) is 15.6. The standard InChI is InChI=1S/C11H11FN2O5S2/c12-10-5-8(21(13,18)19)1-2-9(10)11(15)14-7-3-4-20(16,17)6-7/h1-5,7H,6H2,(H,14,15)(H2,13,18,19). The van der Waals surface area contributed by atoms with Gasteiger partial charge >= 0.3 is 0 Å². The largest absolute Gasteiger partial charge is 0.345 e. The van der Waals surface area contributed by atoms with Crippen molar-refractivity contribution < 1.29 is 26.0 Å². The first-order chi connectivity index (χ1) is 9.58. The molecule has 2 rings (SSSR count). The number of carbonyl (C=O) groups is 1. The third-order valence-corrected chi connectivity index (χ3v) is 5.07. The van der Waals surface area contributed by atoms with Crippen molar-refractivity contribution in [2.24, 2.45) is 5.14 Å². The summed E-state index contributed by atoms with van der Waals surface area (Å²) in [6.45, 7) is 0. The maximum atomic E-state index is 13.7. The highest BCUT2D eigenvalue weighted by molar-refractivity contribution is 7.94. The lowest BCUT2D eigenvalue weighted by Crippen LogP contribution is -2.36. The van der Waals surface area contributed by atoms with Gasteiger partial charge in [0.15, 0.2) is 9.84 Å². The quantitative estimate of drug-likeness (QED) is 0.772. The molecule has 1 aliphatic heterocycles. The van der Waals surface area contributed by atoms with E-state index in [1.54, 1.807) is 0 Å². The molecular formula is C11H11FN2O5S2. The molecule has 10 heteroatoms. The average molecular weight is 334 g/mol. The zero-order chi connectivity index (χ0) is 15.8. The number of sulfonamides is 1. The highest BCUT2D eigenvalue weighted by Crippen LogP contribution is 2.15. The second-order valence-corrected chi connectivity index (χ2v) is 7.92. The lowest BCUT2D eigenvalue weighted by Gasteiger charge is -2.11. The van der Waals surface area contributed by atoms with Crippen LogP contribution in [0.2, 0.25) is 0 Å². The van der Waals surface area contributed by atoms with E-state index in [2.05, 4.69) is 5.32 Å². The second-order valence-electron chi connectivity index (χ2n) is 4.42. The van der Waals surface area contributed by atoms with Crippen molar-refractivity contribution in [1.82, 2.24) is 5.32 Å². The van der Waals surface area contributed by atoms with Gasteiger partial charge in [0.25, 0.3) is 5.91 Å². The number of nitrogens with one attached hydrogen (secondary N) is 1. The predicted octanol–water partition coefficient (Wildman–Crippen LogP) is -0.486. The Morgan fingerprint density at radius 2 is 2.05 bits per heavy atom. The third kappa shape index (κ3) is 3.65. The zero-order valence-electron chi connectivity index (χ0n) is 10.5. The van der Waals surface area contributed by atoms with Crippen LogP contribution in [0.15, 0.2) is 34.6 Å². The van der Waals surface area contributed by atoms with Gasteiger partial charge in [-0.1, -0.05) is 0 Å². The normalized spacial score (nSPS) is 20.4. The molecule has 3 N–H and O–H groups in total. The van der Waals surface area contributed by atoms with Crippen molar-refractivity contribution >= 4 is 25.8 Å². The van der Waals surface area contributed by atoms with Crippen molar-refractivity contribution in [1.29, 1.82) is 0 Å². The number of benzene rings is 1. The number of nitrogens with two attached hydrogens (primary N) is 1. The Morgan fingerprint density at radius 3 is 2.52 bits per heavy atom. The summed E-state index contributed by atoms with van der Waals surface area (Å²) in [5.74, 6) is -2.21. The van der Waals surface area contributed by atoms with Crippen molar-refractivity contribution in [2.45, 2.75) is 10.9 Å². The first-order valence-corrected chi connectivity index (χ1v) is 8.89. The van der Waals surface area contributed by atoms with Crippen LogP contribution in [-0.2, 0) is 19.9 Å². The molecule has 0 radical (unpaired) electrons. The van der Waals surface area contributed by atoms with Gasteiger partial charge < -0.3 is 5.32 Å². The summed E-state index contributed by atoms with van der Waals surface area (Å²) < 4.78 is 58.2. The van der Waals surface area contributed by atoms with Gasteiger partial charge in [0.1, 0.15) is 5.82 Å². The fourth-order valence-electron chi connectivity index (χ4n) is 1.77. The van der Waals surface area contributed by atoms with E-state index in [4.69, 9.17) is 5.14 Å². The summed E-state index contributed by atoms with van der Waals surface area (Å²) >= 11 is 0. The minimum Gasteiger partial charge on any atom is -0.345 e. The van der Waals surface area contributed by atoms with E-state index < -0.39 is 48.1 Å². The van der Waals surface area contributed by atoms with E-state index >= 15 is 0 Å². The van der Waals surface area contributed by atoms with Crippen LogP contribution < -0.4 is 10.5 Å². The maximum absolute atomic E-state index is 13.7. The molecule has 0 aliphatic carbocycles. The minimum absolute atomic E-state index is 0.296. The molecule has 1 unspecified atom stereocenters. The molecule has 0 saturated carbocycles. The Bertz CT molecular complexity index is 830. The van der Waals surface area contributed by atoms with E-state index in [0.29, 0.717) is 6.07 Å². The van der Waals surface area contributed by atoms with Gasteiger partial charge in [-0.3, -0.25) is 4.79 Å². The molecule has 1 aromatic carbocycles. The summed E-state index contributed by atoms with van der Waals surface area (Å²) in [6, 6.07) is 1.84. The SMILES string of the molecule is NS(=O)(=O)c1ccc(C(=O)NC2C=CS(=O)(=O)C2)c(F)c1. The van der Waals surface area contributed by atoms with E-state index in [-0.39, 0.29) is 5.75 Å². The molecule has 114 valence electrons. The molecule has 0 aromatic heterocycles. The van der Waals surface area contributed by atoms with E-state index in [1.807, 2.05) is 0 Å². The Morgan fingerprint density at radius 1 is 1.38 bits per heavy atom. The number of hydrogen-bond donors (Lipinski definition) is 2. The first-order valence-electron chi connectivity index (χ1n) is 5.63. The molecular weight excluding hydrogens is 323 g/mol. The summed E-state index contributed by atoms with van der Waals surface area (Å²) in [5.41, 5.74) is -0.403. The fourth-order valence-corrected chi connectivity index (χ4v) is 3.53. The molecule has 0 bridgehead atoms. The summed E-state index contributed by atoms with van der Waals surface area (Å²) in [6.07, 6.45) is 1.28. The van der Waals surface area contributed by atoms with Crippen LogP contribution in [0.25, 0.3) is 0 Å². The number of carbonyl (C=O) groups excluding carboxylic acids is 1. The molecule has 1 amide bonds. The Kier molecular flexibility index (Phi) is 3.87. The van der Waals surface area contributed by atoms with Gasteiger partial charge in [-0.05, 0) is 24.3 Å². The molecule has 0 saturated heterocycles. The minimum atomic E-state index is -4.07. The van der Waals surface area contributed by atoms with Gasteiger partial charge in [-0.25, -0.2) is 26.4 Å². The monoisotopic (exact) mass is 334 g/mol. The van der Waals surface area contributed by atoms with Crippen LogP contribution in [0, 0.1) is 5.82 Å². The van der Waals surface area contributed by atoms with Crippen LogP contribution in [-0.4, -0.2) is 34.5 Å². The highest BCUT2D eigenvalue weighted by atomic mass is 32.2. The van der Waals surface area contributed by atoms with Gasteiger partial charge in [0.05, 0.1) is 22.3 Å². The van der Waals surface area contributed by atoms with Gasteiger partial charge in [0.2, 0.25) is 10.0 Å². The lowest BCUT2D eigenvalue weighted by atomic mass is 10.2. The van der Waals surface area contributed by atoms with E-state index in [1.165, 1.54) is 6.08 Å². The topological polar surface area (TPSA) is 123 Å². The molecule has 1 atom stereocenters. The van der Waals surface area contributed by atoms with Crippen LogP contribution >= 0.6 is 0 Å². The predicted molar refractivity (Wildman–Crippen MR) is 72.0 cm³/mol. The Balaban J connectivity index is 2.19. The molecule has 7 nitrogen and oxygen atoms in total. The lowest BCUT2D eigenvalue weighted by molar-refractivity contribution is 0.0943. The summed E-state index contributed by atoms with van der Waals surface area (Å²) in [5, 5.41) is 8.14. The van der Waals surface area contributed by atoms with Crippen molar-refractivity contribution in [3.63, 3.8) is 0 Å². The zero-order valence-corrected chi connectivity index (χ0v) is 12.1. The number of rotatable bonds is 3. The smallest absolute Gasteiger partial charge is 0.254 e. The van der Waals surface area contributed by atoms with Gasteiger partial charge in [-0.2, -0.15) is 0 Å². The van der Waals surface area contributed by atoms with Crippen LogP contribution in [0.3, 0.4) is 0 Å². The Labute approximate surface area is 120 Å². The molecule has 1 aliphatic rings. The van der Waals surface area contributed by atoms with E-state index in [0.717, 1.165) is 17.5 Å². The molecule has 1 aromatic rings. The molecule has 0 fully saturated rings. The average Bonchev–Trinajstić information content (AvgIpc) is 2.67. The van der Waals surface area contributed by atoms with Crippen LogP contribution in [0.1, 0.15) is 10.4 Å². The number of sulfone groups is 1. The molecule has 1 heterocycles. The van der Waals surface area contributed by atoms with Gasteiger partial charge in [-0.15, -0.1) is 0 Å². The Hall–Kier alpha value is -1.78. The van der Waals surface area contributed by atoms with Gasteiger partial charge in [0, 0.05) is 5.41 Å². The number of primary sulfonamides is 1. The third-order valence-electron chi connectivity index (χ3n) is 2.76.